The highest BCUT2D eigenvalue weighted by molar-refractivity contribution is 6.69. The molecular weight excluding hydrogens is 220 g/mol. The van der Waals surface area contributed by atoms with E-state index >= 15 is 0 Å². The van der Waals surface area contributed by atoms with Gasteiger partial charge in [0.1, 0.15) is 11.8 Å². The lowest BCUT2D eigenvalue weighted by Crippen LogP contribution is -2.56. The molecule has 3 atom stereocenters. The predicted octanol–water partition coefficient (Wildman–Crippen LogP) is 0.0720. The number of allylic oxidation sites excluding steroid dienone is 3. The van der Waals surface area contributed by atoms with Gasteiger partial charge in [-0.3, -0.25) is 14.6 Å². The number of aliphatic imine (C=N–C) groups is 1. The second kappa shape index (κ2) is 3.58. The van der Waals surface area contributed by atoms with Crippen LogP contribution in [-0.2, 0) is 9.59 Å². The molecule has 0 radical (unpaired) electrons. The molecule has 1 aliphatic heterocycles. The standard InChI is InChI=1S/C12H10N2O3/c15-10-6-5-9-11(12(10)16)13-7-3-1-2-4-8(7)14(9)17/h1-9,17H. The number of carbonyl (C=O) groups excluding carboxylic acids is 2. The summed E-state index contributed by atoms with van der Waals surface area (Å²) in [5.74, 6) is -1.21. The number of rotatable bonds is 0. The second-order valence-corrected chi connectivity index (χ2v) is 4.14. The maximum atomic E-state index is 11.7. The normalized spacial score (nSPS) is 35.6. The van der Waals surface area contributed by atoms with Crippen molar-refractivity contribution in [2.24, 2.45) is 4.99 Å². The van der Waals surface area contributed by atoms with Gasteiger partial charge in [-0.15, -0.1) is 0 Å². The first-order valence-electron chi connectivity index (χ1n) is 5.35. The van der Waals surface area contributed by atoms with Crippen molar-refractivity contribution in [3.8, 4) is 0 Å². The van der Waals surface area contributed by atoms with Crippen LogP contribution in [0.25, 0.3) is 0 Å². The van der Waals surface area contributed by atoms with E-state index in [4.69, 9.17) is 0 Å². The third-order valence-corrected chi connectivity index (χ3v) is 3.12. The lowest BCUT2D eigenvalue weighted by molar-refractivity contribution is -0.137. The van der Waals surface area contributed by atoms with Crippen LogP contribution in [0, 0.1) is 0 Å². The predicted molar refractivity (Wildman–Crippen MR) is 59.9 cm³/mol. The number of hydroxylamine groups is 2. The zero-order valence-corrected chi connectivity index (χ0v) is 8.85. The molecule has 0 aromatic heterocycles. The van der Waals surface area contributed by atoms with Gasteiger partial charge in [0.15, 0.2) is 0 Å². The Kier molecular flexibility index (Phi) is 2.17. The van der Waals surface area contributed by atoms with Crippen molar-refractivity contribution in [2.45, 2.75) is 18.1 Å². The molecule has 5 heteroatoms. The summed E-state index contributed by atoms with van der Waals surface area (Å²) >= 11 is 0. The van der Waals surface area contributed by atoms with Crippen LogP contribution in [0.3, 0.4) is 0 Å². The minimum atomic E-state index is -0.627. The summed E-state index contributed by atoms with van der Waals surface area (Å²) in [6.45, 7) is 0. The number of hydrogen-bond donors (Lipinski definition) is 1. The summed E-state index contributed by atoms with van der Waals surface area (Å²) in [4.78, 5) is 27.2. The number of carbonyl (C=O) groups is 2. The molecule has 17 heavy (non-hydrogen) atoms. The third-order valence-electron chi connectivity index (χ3n) is 3.12. The molecule has 3 unspecified atom stereocenters. The summed E-state index contributed by atoms with van der Waals surface area (Å²) in [5, 5.41) is 11.1. The number of fused-ring (bicyclic) bond motifs is 2. The van der Waals surface area contributed by atoms with Crippen LogP contribution in [-0.4, -0.2) is 45.7 Å². The fourth-order valence-electron chi connectivity index (χ4n) is 2.25. The van der Waals surface area contributed by atoms with Crippen LogP contribution < -0.4 is 0 Å². The van der Waals surface area contributed by atoms with Crippen molar-refractivity contribution in [2.75, 3.05) is 0 Å². The first-order chi connectivity index (χ1) is 8.18. The van der Waals surface area contributed by atoms with Crippen molar-refractivity contribution < 1.29 is 14.8 Å². The molecule has 0 spiro atoms. The van der Waals surface area contributed by atoms with E-state index in [2.05, 4.69) is 4.99 Å². The van der Waals surface area contributed by atoms with Crippen molar-refractivity contribution in [3.05, 3.63) is 36.5 Å². The lowest BCUT2D eigenvalue weighted by Gasteiger charge is -2.38. The molecule has 2 aliphatic carbocycles. The fourth-order valence-corrected chi connectivity index (χ4v) is 2.25. The van der Waals surface area contributed by atoms with E-state index in [1.165, 1.54) is 12.2 Å². The van der Waals surface area contributed by atoms with Crippen LogP contribution in [0.4, 0.5) is 0 Å². The van der Waals surface area contributed by atoms with E-state index in [-0.39, 0.29) is 17.8 Å². The van der Waals surface area contributed by atoms with Crippen LogP contribution in [0.1, 0.15) is 0 Å². The summed E-state index contributed by atoms with van der Waals surface area (Å²) in [7, 11) is 0. The topological polar surface area (TPSA) is 70.0 Å². The Bertz CT molecular complexity index is 516. The molecule has 0 bridgehead atoms. The Hall–Kier alpha value is -1.85. The fraction of sp³-hybridized carbons (Fsp3) is 0.250. The molecule has 5 nitrogen and oxygen atoms in total. The van der Waals surface area contributed by atoms with Crippen molar-refractivity contribution in [1.29, 1.82) is 0 Å². The largest absolute Gasteiger partial charge is 0.312 e. The zero-order chi connectivity index (χ0) is 12.0. The van der Waals surface area contributed by atoms with Gasteiger partial charge in [-0.25, -0.2) is 0 Å². The summed E-state index contributed by atoms with van der Waals surface area (Å²) < 4.78 is 0. The van der Waals surface area contributed by atoms with Gasteiger partial charge < -0.3 is 5.21 Å². The van der Waals surface area contributed by atoms with Crippen LogP contribution in [0.5, 0.6) is 0 Å². The van der Waals surface area contributed by atoms with Gasteiger partial charge in [0.25, 0.3) is 0 Å². The van der Waals surface area contributed by atoms with Gasteiger partial charge >= 0.3 is 0 Å². The summed E-state index contributed by atoms with van der Waals surface area (Å²) in [6, 6.07) is -1.20. The van der Waals surface area contributed by atoms with Crippen LogP contribution in [0.15, 0.2) is 41.4 Å². The highest BCUT2D eigenvalue weighted by atomic mass is 16.5. The Morgan fingerprint density at radius 1 is 1.18 bits per heavy atom. The van der Waals surface area contributed by atoms with E-state index in [0.29, 0.717) is 0 Å². The van der Waals surface area contributed by atoms with Gasteiger partial charge in [0.2, 0.25) is 11.6 Å². The van der Waals surface area contributed by atoms with E-state index in [1.54, 1.807) is 6.08 Å². The van der Waals surface area contributed by atoms with Crippen molar-refractivity contribution >= 4 is 17.3 Å². The number of hydrogen-bond acceptors (Lipinski definition) is 5. The highest BCUT2D eigenvalue weighted by Gasteiger charge is 2.41. The molecule has 0 amide bonds. The molecule has 1 heterocycles. The number of nitrogens with zero attached hydrogens (tertiary/aromatic N) is 2. The quantitative estimate of drug-likeness (QED) is 0.598. The summed E-state index contributed by atoms with van der Waals surface area (Å²) in [5.41, 5.74) is 0.126. The maximum absolute atomic E-state index is 11.7. The minimum absolute atomic E-state index is 0.126. The molecule has 3 rings (SSSR count). The first-order valence-corrected chi connectivity index (χ1v) is 5.35. The van der Waals surface area contributed by atoms with Gasteiger partial charge in [-0.2, -0.15) is 5.06 Å². The number of Topliss-reactive ketones (excluding diaryl/α,β-unsaturated/α-hetero) is 1. The maximum Gasteiger partial charge on any atom is 0.248 e. The van der Waals surface area contributed by atoms with Crippen molar-refractivity contribution in [1.82, 2.24) is 5.06 Å². The number of ketones is 2. The van der Waals surface area contributed by atoms with Crippen LogP contribution >= 0.6 is 0 Å². The first kappa shape index (κ1) is 10.3. The van der Waals surface area contributed by atoms with E-state index in [9.17, 15) is 14.8 Å². The Morgan fingerprint density at radius 2 is 1.94 bits per heavy atom. The molecular formula is C12H10N2O3. The van der Waals surface area contributed by atoms with E-state index in [0.717, 1.165) is 5.06 Å². The lowest BCUT2D eigenvalue weighted by atomic mass is 9.90. The Morgan fingerprint density at radius 3 is 2.76 bits per heavy atom. The molecule has 0 aromatic rings. The average Bonchev–Trinajstić information content (AvgIpc) is 2.35. The summed E-state index contributed by atoms with van der Waals surface area (Å²) in [6.07, 6.45) is 9.95. The van der Waals surface area contributed by atoms with Gasteiger partial charge in [-0.1, -0.05) is 30.4 Å². The van der Waals surface area contributed by atoms with Gasteiger partial charge in [0.05, 0.1) is 12.1 Å². The molecule has 0 saturated heterocycles. The second-order valence-electron chi connectivity index (χ2n) is 4.14. The molecule has 0 fully saturated rings. The average molecular weight is 230 g/mol. The van der Waals surface area contributed by atoms with E-state index < -0.39 is 17.6 Å². The smallest absolute Gasteiger partial charge is 0.248 e. The Labute approximate surface area is 97.4 Å². The molecule has 3 aliphatic rings. The monoisotopic (exact) mass is 230 g/mol. The third kappa shape index (κ3) is 1.44. The highest BCUT2D eigenvalue weighted by Crippen LogP contribution is 2.25. The zero-order valence-electron chi connectivity index (χ0n) is 8.85. The minimum Gasteiger partial charge on any atom is -0.312 e. The molecule has 1 N–H and O–H groups in total. The van der Waals surface area contributed by atoms with E-state index in [1.807, 2.05) is 18.2 Å². The Balaban J connectivity index is 2.08. The van der Waals surface area contributed by atoms with Crippen LogP contribution in [0.2, 0.25) is 0 Å². The van der Waals surface area contributed by atoms with Crippen molar-refractivity contribution in [3.63, 3.8) is 0 Å². The molecule has 0 aromatic carbocycles. The SMILES string of the molecule is O=C1C=CC2C(=NC3C=CC=CC3N2O)C1=O. The molecule has 0 saturated carbocycles. The molecule has 86 valence electrons. The van der Waals surface area contributed by atoms with Gasteiger partial charge in [-0.05, 0) is 6.08 Å². The van der Waals surface area contributed by atoms with Gasteiger partial charge in [0, 0.05) is 0 Å².